The number of nitrogens with zero attached hydrogens (tertiary/aromatic N) is 2. The van der Waals surface area contributed by atoms with Gasteiger partial charge < -0.3 is 4.90 Å². The summed E-state index contributed by atoms with van der Waals surface area (Å²) in [6, 6.07) is 0. The Kier molecular flexibility index (Phi) is 87.1. The van der Waals surface area contributed by atoms with E-state index in [9.17, 15) is 0 Å². The largest absolute Gasteiger partial charge is 0.304 e. The minimum atomic E-state index is 0. The fraction of sp³-hybridized carbons (Fsp3) is 1.00. The second-order valence-corrected chi connectivity index (χ2v) is 3.46. The molecule has 0 aliphatic rings. The van der Waals surface area contributed by atoms with Crippen molar-refractivity contribution in [2.45, 2.75) is 86.1 Å². The highest BCUT2D eigenvalue weighted by molar-refractivity contribution is 4.54. The van der Waals surface area contributed by atoms with Gasteiger partial charge in [0.2, 0.25) is 0 Å². The van der Waals surface area contributed by atoms with Crippen molar-refractivity contribution in [3.8, 4) is 0 Å². The van der Waals surface area contributed by atoms with Gasteiger partial charge in [-0.15, -0.1) is 0 Å². The molecule has 0 unspecified atom stereocenters. The van der Waals surface area contributed by atoms with E-state index in [2.05, 4.69) is 43.0 Å². The van der Waals surface area contributed by atoms with E-state index in [4.69, 9.17) is 0 Å². The van der Waals surface area contributed by atoms with Crippen LogP contribution in [0.5, 0.6) is 0 Å². The molecule has 21 heavy (non-hydrogen) atoms. The Balaban J connectivity index is -0.0000000402. The van der Waals surface area contributed by atoms with Gasteiger partial charge in [-0.25, -0.2) is 5.01 Å². The number of hydrogen-bond acceptors (Lipinski definition) is 3. The van der Waals surface area contributed by atoms with E-state index < -0.39 is 0 Å². The van der Waals surface area contributed by atoms with E-state index in [1.165, 1.54) is 26.1 Å². The summed E-state index contributed by atoms with van der Waals surface area (Å²) >= 11 is 0. The van der Waals surface area contributed by atoms with Crippen LogP contribution in [0.25, 0.3) is 0 Å². The maximum Gasteiger partial charge on any atom is 0.0114 e. The van der Waals surface area contributed by atoms with Gasteiger partial charge >= 0.3 is 0 Å². The third-order valence-corrected chi connectivity index (χ3v) is 2.64. The summed E-state index contributed by atoms with van der Waals surface area (Å²) in [5, 5.41) is 2.25. The van der Waals surface area contributed by atoms with Crippen molar-refractivity contribution in [2.24, 2.45) is 0 Å². The molecule has 0 atom stereocenters. The monoisotopic (exact) mass is 313 g/mol. The first-order chi connectivity index (χ1) is 6.78. The van der Waals surface area contributed by atoms with Gasteiger partial charge in [-0.2, -0.15) is 0 Å². The molecular weight excluding hydrogens is 258 g/mol. The third kappa shape index (κ3) is 28.7. The Bertz CT molecular complexity index is 97.0. The van der Waals surface area contributed by atoms with Crippen LogP contribution >= 0.6 is 0 Å². The van der Waals surface area contributed by atoms with Crippen LogP contribution in [0.2, 0.25) is 0 Å². The maximum absolute atomic E-state index is 3.43. The molecule has 0 rings (SSSR count). The third-order valence-electron chi connectivity index (χ3n) is 2.64. The van der Waals surface area contributed by atoms with Gasteiger partial charge in [0, 0.05) is 19.6 Å². The molecule has 1 N–H and O–H groups in total. The standard InChI is InChI=1S/C11H27N3.7CH4/c1-5-13(6-2)11-9-10-12-14(7-3)8-4;;;;;;;/h12H,5-11H2,1-4H3;7*1H4. The smallest absolute Gasteiger partial charge is 0.0114 e. The van der Waals surface area contributed by atoms with Crippen LogP contribution in [0.3, 0.4) is 0 Å². The summed E-state index contributed by atoms with van der Waals surface area (Å²) in [6.45, 7) is 15.6. The summed E-state index contributed by atoms with van der Waals surface area (Å²) in [4.78, 5) is 2.46. The van der Waals surface area contributed by atoms with Crippen molar-refractivity contribution in [2.75, 3.05) is 39.3 Å². The SMILES string of the molecule is C.C.C.C.C.C.C.CCN(CC)CCCNN(CC)CC. The molecule has 0 radical (unpaired) electrons. The Labute approximate surface area is 141 Å². The first-order valence-corrected chi connectivity index (χ1v) is 5.99. The van der Waals surface area contributed by atoms with E-state index in [0.29, 0.717) is 0 Å². The first-order valence-electron chi connectivity index (χ1n) is 5.99. The summed E-state index contributed by atoms with van der Waals surface area (Å²) in [6.07, 6.45) is 1.23. The molecule has 0 bridgehead atoms. The molecule has 0 aliphatic carbocycles. The first kappa shape index (κ1) is 49.7. The zero-order valence-corrected chi connectivity index (χ0v) is 10.3. The number of hydrogen-bond donors (Lipinski definition) is 1. The van der Waals surface area contributed by atoms with E-state index in [0.717, 1.165) is 19.6 Å². The zero-order chi connectivity index (χ0) is 10.8. The van der Waals surface area contributed by atoms with Gasteiger partial charge in [0.25, 0.3) is 0 Å². The van der Waals surface area contributed by atoms with Crippen molar-refractivity contribution in [3.63, 3.8) is 0 Å². The van der Waals surface area contributed by atoms with Crippen molar-refractivity contribution in [3.05, 3.63) is 0 Å². The van der Waals surface area contributed by atoms with Crippen molar-refractivity contribution in [1.82, 2.24) is 15.3 Å². The molecule has 3 heteroatoms. The molecule has 0 amide bonds. The summed E-state index contributed by atoms with van der Waals surface area (Å²) in [5.74, 6) is 0. The molecular formula is C18H55N3. The van der Waals surface area contributed by atoms with Gasteiger partial charge in [0.15, 0.2) is 0 Å². The normalized spacial score (nSPS) is 7.71. The fourth-order valence-corrected chi connectivity index (χ4v) is 1.53. The van der Waals surface area contributed by atoms with E-state index >= 15 is 0 Å². The molecule has 3 nitrogen and oxygen atoms in total. The average Bonchev–Trinajstić information content (AvgIpc) is 2.24. The molecule has 0 aromatic heterocycles. The van der Waals surface area contributed by atoms with Gasteiger partial charge in [-0.1, -0.05) is 79.7 Å². The van der Waals surface area contributed by atoms with E-state index in [1.54, 1.807) is 0 Å². The molecule has 0 saturated carbocycles. The summed E-state index contributed by atoms with van der Waals surface area (Å²) < 4.78 is 0. The van der Waals surface area contributed by atoms with Crippen LogP contribution in [-0.4, -0.2) is 49.2 Å². The van der Waals surface area contributed by atoms with Gasteiger partial charge in [0.1, 0.15) is 0 Å². The molecule has 0 aromatic rings. The highest BCUT2D eigenvalue weighted by Crippen LogP contribution is 1.90. The van der Waals surface area contributed by atoms with E-state index in [-0.39, 0.29) is 52.0 Å². The molecule has 0 aliphatic heterocycles. The lowest BCUT2D eigenvalue weighted by Gasteiger charge is -2.21. The number of hydrazine groups is 1. The number of rotatable bonds is 9. The minimum Gasteiger partial charge on any atom is -0.304 e. The topological polar surface area (TPSA) is 18.5 Å². The molecule has 0 saturated heterocycles. The van der Waals surface area contributed by atoms with Crippen molar-refractivity contribution < 1.29 is 0 Å². The lowest BCUT2D eigenvalue weighted by Crippen LogP contribution is -2.39. The zero-order valence-electron chi connectivity index (χ0n) is 10.3. The fourth-order valence-electron chi connectivity index (χ4n) is 1.53. The molecule has 0 spiro atoms. The van der Waals surface area contributed by atoms with Gasteiger partial charge in [0.05, 0.1) is 0 Å². The van der Waals surface area contributed by atoms with Crippen LogP contribution in [0.4, 0.5) is 0 Å². The highest BCUT2D eigenvalue weighted by Gasteiger charge is 1.99. The van der Waals surface area contributed by atoms with Crippen LogP contribution in [0.15, 0.2) is 0 Å². The van der Waals surface area contributed by atoms with Crippen LogP contribution in [-0.2, 0) is 0 Å². The van der Waals surface area contributed by atoms with Gasteiger partial charge in [-0.3, -0.25) is 5.43 Å². The van der Waals surface area contributed by atoms with E-state index in [1.807, 2.05) is 0 Å². The molecule has 142 valence electrons. The Hall–Kier alpha value is -0.120. The second kappa shape index (κ2) is 36.8. The summed E-state index contributed by atoms with van der Waals surface area (Å²) in [5.41, 5.74) is 3.43. The second-order valence-electron chi connectivity index (χ2n) is 3.46. The molecule has 0 fully saturated rings. The predicted molar refractivity (Wildman–Crippen MR) is 110 cm³/mol. The quantitative estimate of drug-likeness (QED) is 0.415. The Morgan fingerprint density at radius 3 is 1.29 bits per heavy atom. The van der Waals surface area contributed by atoms with Crippen LogP contribution in [0.1, 0.15) is 86.1 Å². The van der Waals surface area contributed by atoms with Crippen molar-refractivity contribution in [1.29, 1.82) is 0 Å². The Morgan fingerprint density at radius 1 is 0.619 bits per heavy atom. The molecule has 0 aromatic carbocycles. The minimum absolute atomic E-state index is 0. The van der Waals surface area contributed by atoms with Gasteiger partial charge in [-0.05, 0) is 26.1 Å². The lowest BCUT2D eigenvalue weighted by atomic mass is 10.4. The van der Waals surface area contributed by atoms with Crippen LogP contribution in [0, 0.1) is 0 Å². The number of nitrogens with one attached hydrogen (secondary N) is 1. The van der Waals surface area contributed by atoms with Crippen molar-refractivity contribution >= 4 is 0 Å². The summed E-state index contributed by atoms with van der Waals surface area (Å²) in [7, 11) is 0. The predicted octanol–water partition coefficient (Wildman–Crippen LogP) is 6.02. The molecule has 0 heterocycles. The average molecular weight is 314 g/mol. The Morgan fingerprint density at radius 2 is 1.00 bits per heavy atom. The maximum atomic E-state index is 3.43. The highest BCUT2D eigenvalue weighted by atomic mass is 15.5. The lowest BCUT2D eigenvalue weighted by molar-refractivity contribution is 0.199. The van der Waals surface area contributed by atoms with Crippen LogP contribution < -0.4 is 5.43 Å².